The highest BCUT2D eigenvalue weighted by atomic mass is 16.5. The number of benzene rings is 1. The number of H-pyrrole nitrogens is 1. The molecule has 0 saturated carbocycles. The Kier molecular flexibility index (Phi) is 3.85. The number of imidazole rings is 1. The number of hydrogen-bond donors (Lipinski definition) is 2. The van der Waals surface area contributed by atoms with E-state index in [9.17, 15) is 4.79 Å². The lowest BCUT2D eigenvalue weighted by molar-refractivity contribution is 0.300. The molecule has 3 N–H and O–H groups in total. The first-order chi connectivity index (χ1) is 12.2. The average molecular weight is 339 g/mol. The molecule has 8 nitrogen and oxygen atoms in total. The van der Waals surface area contributed by atoms with Gasteiger partial charge in [0.05, 0.1) is 13.2 Å². The molecule has 0 unspecified atom stereocenters. The molecule has 3 aromatic rings. The third kappa shape index (κ3) is 3.06. The molecule has 0 aliphatic carbocycles. The molecule has 4 bridgehead atoms. The number of nitrogen functional groups attached to an aromatic ring is 1. The number of hydrogen-bond acceptors (Lipinski definition) is 6. The van der Waals surface area contributed by atoms with E-state index in [1.807, 2.05) is 36.4 Å². The predicted octanol–water partition coefficient (Wildman–Crippen LogP) is 1.47. The number of anilines is 1. The molecule has 0 radical (unpaired) electrons. The van der Waals surface area contributed by atoms with Gasteiger partial charge < -0.3 is 20.2 Å². The van der Waals surface area contributed by atoms with Gasteiger partial charge in [-0.3, -0.25) is 4.57 Å². The van der Waals surface area contributed by atoms with Crippen LogP contribution >= 0.6 is 0 Å². The van der Waals surface area contributed by atoms with Crippen LogP contribution in [0, 0.1) is 0 Å². The number of nitrogens with one attached hydrogen (secondary N) is 1. The Balaban J connectivity index is 1.84. The fourth-order valence-electron chi connectivity index (χ4n) is 2.71. The van der Waals surface area contributed by atoms with Crippen LogP contribution in [0.25, 0.3) is 11.2 Å². The fourth-order valence-corrected chi connectivity index (χ4v) is 2.71. The van der Waals surface area contributed by atoms with Gasteiger partial charge in [0.1, 0.15) is 17.9 Å². The molecule has 3 heterocycles. The van der Waals surface area contributed by atoms with Gasteiger partial charge in [-0.15, -0.1) is 0 Å². The highest BCUT2D eigenvalue weighted by Crippen LogP contribution is 2.20. The SMILES string of the molecule is Nc1nc2nc3c1[nH]c(=O)n3Cc1cccc(c1)OCC=CCCO2. The summed E-state index contributed by atoms with van der Waals surface area (Å²) in [7, 11) is 0. The van der Waals surface area contributed by atoms with Crippen molar-refractivity contribution < 1.29 is 9.47 Å². The summed E-state index contributed by atoms with van der Waals surface area (Å²) in [6.07, 6.45) is 4.59. The summed E-state index contributed by atoms with van der Waals surface area (Å²) >= 11 is 0. The minimum atomic E-state index is -0.301. The van der Waals surface area contributed by atoms with Crippen LogP contribution in [0.1, 0.15) is 12.0 Å². The Morgan fingerprint density at radius 2 is 2.12 bits per heavy atom. The number of rotatable bonds is 0. The van der Waals surface area contributed by atoms with Crippen LogP contribution in [0.2, 0.25) is 0 Å². The molecule has 4 rings (SSSR count). The van der Waals surface area contributed by atoms with E-state index in [0.717, 1.165) is 11.3 Å². The summed E-state index contributed by atoms with van der Waals surface area (Å²) in [5, 5.41) is 0. The van der Waals surface area contributed by atoms with Crippen molar-refractivity contribution in [1.29, 1.82) is 0 Å². The molecule has 2 aromatic heterocycles. The lowest BCUT2D eigenvalue weighted by Crippen LogP contribution is -2.17. The van der Waals surface area contributed by atoms with Gasteiger partial charge in [0, 0.05) is 0 Å². The molecule has 1 aliphatic heterocycles. The molecule has 1 aromatic carbocycles. The topological polar surface area (TPSA) is 108 Å². The second-order valence-electron chi connectivity index (χ2n) is 5.67. The van der Waals surface area contributed by atoms with Crippen LogP contribution in [0.15, 0.2) is 41.2 Å². The summed E-state index contributed by atoms with van der Waals surface area (Å²) in [5.74, 6) is 0.934. The maximum absolute atomic E-state index is 12.3. The van der Waals surface area contributed by atoms with Crippen molar-refractivity contribution in [1.82, 2.24) is 19.5 Å². The Bertz CT molecular complexity index is 1010. The van der Waals surface area contributed by atoms with Crippen molar-refractivity contribution in [2.75, 3.05) is 18.9 Å². The van der Waals surface area contributed by atoms with Crippen molar-refractivity contribution in [2.24, 2.45) is 0 Å². The Labute approximate surface area is 142 Å². The second-order valence-corrected chi connectivity index (χ2v) is 5.67. The first-order valence-corrected chi connectivity index (χ1v) is 7.96. The predicted molar refractivity (Wildman–Crippen MR) is 92.9 cm³/mol. The molecule has 0 fully saturated rings. The van der Waals surface area contributed by atoms with E-state index in [1.165, 1.54) is 4.57 Å². The molecule has 0 spiro atoms. The van der Waals surface area contributed by atoms with E-state index < -0.39 is 0 Å². The highest BCUT2D eigenvalue weighted by molar-refractivity contribution is 5.81. The van der Waals surface area contributed by atoms with Crippen LogP contribution in [0.4, 0.5) is 5.82 Å². The molecule has 0 amide bonds. The van der Waals surface area contributed by atoms with E-state index in [4.69, 9.17) is 15.2 Å². The molecular formula is C17H17N5O3. The number of nitrogens with two attached hydrogens (primary N) is 1. The van der Waals surface area contributed by atoms with Crippen LogP contribution in [-0.4, -0.2) is 32.7 Å². The van der Waals surface area contributed by atoms with Crippen LogP contribution in [0.5, 0.6) is 11.8 Å². The lowest BCUT2D eigenvalue weighted by atomic mass is 10.2. The fraction of sp³-hybridized carbons (Fsp3) is 0.235. The standard InChI is InChI=1S/C17H17N5O3/c18-14-13-15-21-16(20-14)25-8-3-1-2-7-24-12-6-4-5-11(9-12)10-22(15)17(23)19-13/h1-2,4-6,9H,3,7-8,10H2,(H,19,23)(H2,18,20,21). The summed E-state index contributed by atoms with van der Waals surface area (Å²) in [4.78, 5) is 23.5. The van der Waals surface area contributed by atoms with Gasteiger partial charge in [-0.05, 0) is 24.1 Å². The Morgan fingerprint density at radius 3 is 3.04 bits per heavy atom. The van der Waals surface area contributed by atoms with Crippen molar-refractivity contribution in [3.63, 3.8) is 0 Å². The molecule has 0 atom stereocenters. The first kappa shape index (κ1) is 15.3. The zero-order valence-electron chi connectivity index (χ0n) is 13.4. The first-order valence-electron chi connectivity index (χ1n) is 7.96. The summed E-state index contributed by atoms with van der Waals surface area (Å²) < 4.78 is 12.8. The van der Waals surface area contributed by atoms with E-state index in [-0.39, 0.29) is 17.5 Å². The van der Waals surface area contributed by atoms with Gasteiger partial charge in [0.15, 0.2) is 11.5 Å². The van der Waals surface area contributed by atoms with Gasteiger partial charge in [0.2, 0.25) is 0 Å². The number of nitrogens with zero attached hydrogens (tertiary/aromatic N) is 3. The maximum Gasteiger partial charge on any atom is 0.328 e. The molecule has 1 aliphatic rings. The van der Waals surface area contributed by atoms with E-state index in [1.54, 1.807) is 0 Å². The maximum atomic E-state index is 12.3. The Hall–Kier alpha value is -3.29. The zero-order chi connectivity index (χ0) is 17.2. The van der Waals surface area contributed by atoms with Crippen molar-refractivity contribution >= 4 is 17.0 Å². The molecule has 128 valence electrons. The average Bonchev–Trinajstić information content (AvgIpc) is 2.90. The summed E-state index contributed by atoms with van der Waals surface area (Å²) in [6.45, 7) is 1.21. The van der Waals surface area contributed by atoms with Gasteiger partial charge in [-0.1, -0.05) is 24.3 Å². The quantitative estimate of drug-likeness (QED) is 0.601. The van der Waals surface area contributed by atoms with Crippen molar-refractivity contribution in [2.45, 2.75) is 13.0 Å². The van der Waals surface area contributed by atoms with E-state index in [2.05, 4.69) is 15.0 Å². The second kappa shape index (κ2) is 6.31. The number of fused-ring (bicyclic) bond motifs is 3. The van der Waals surface area contributed by atoms with Gasteiger partial charge in [-0.25, -0.2) is 4.79 Å². The number of aromatic amines is 1. The molecule has 25 heavy (non-hydrogen) atoms. The van der Waals surface area contributed by atoms with Crippen molar-refractivity contribution in [3.8, 4) is 11.8 Å². The normalized spacial score (nSPS) is 14.6. The minimum absolute atomic E-state index is 0.158. The molecule has 8 heteroatoms. The third-order valence-electron chi connectivity index (χ3n) is 3.90. The smallest absolute Gasteiger partial charge is 0.328 e. The molecular weight excluding hydrogens is 322 g/mol. The number of ether oxygens (including phenoxy) is 2. The summed E-state index contributed by atoms with van der Waals surface area (Å²) in [6, 6.07) is 7.76. The van der Waals surface area contributed by atoms with Gasteiger partial charge >= 0.3 is 11.7 Å². The van der Waals surface area contributed by atoms with E-state index >= 15 is 0 Å². The zero-order valence-corrected chi connectivity index (χ0v) is 13.4. The lowest BCUT2D eigenvalue weighted by Gasteiger charge is -2.07. The van der Waals surface area contributed by atoms with E-state index in [0.29, 0.717) is 37.3 Å². The number of aromatic nitrogens is 4. The largest absolute Gasteiger partial charge is 0.490 e. The highest BCUT2D eigenvalue weighted by Gasteiger charge is 2.15. The monoisotopic (exact) mass is 339 g/mol. The Morgan fingerprint density at radius 1 is 1.20 bits per heavy atom. The van der Waals surface area contributed by atoms with Crippen molar-refractivity contribution in [3.05, 3.63) is 52.5 Å². The van der Waals surface area contributed by atoms with Crippen LogP contribution in [-0.2, 0) is 6.54 Å². The van der Waals surface area contributed by atoms with Gasteiger partial charge in [-0.2, -0.15) is 9.97 Å². The van der Waals surface area contributed by atoms with Crippen LogP contribution < -0.4 is 20.9 Å². The molecule has 0 saturated heterocycles. The van der Waals surface area contributed by atoms with Crippen LogP contribution in [0.3, 0.4) is 0 Å². The minimum Gasteiger partial charge on any atom is -0.490 e. The third-order valence-corrected chi connectivity index (χ3v) is 3.90. The summed E-state index contributed by atoms with van der Waals surface area (Å²) in [5.41, 5.74) is 7.40. The van der Waals surface area contributed by atoms with Gasteiger partial charge in [0.25, 0.3) is 0 Å².